The Morgan fingerprint density at radius 3 is 1.59 bits per heavy atom. The van der Waals surface area contributed by atoms with Crippen LogP contribution in [0.15, 0.2) is 42.5 Å². The topological polar surface area (TPSA) is 89.5 Å². The van der Waals surface area contributed by atoms with Crippen molar-refractivity contribution in [3.8, 4) is 11.5 Å². The van der Waals surface area contributed by atoms with Crippen molar-refractivity contribution in [1.29, 1.82) is 0 Å². The number of unbranched alkanes of at least 4 members (excludes halogenated alkanes) is 2. The molecule has 0 saturated carbocycles. The van der Waals surface area contributed by atoms with E-state index in [0.717, 1.165) is 52.8 Å². The van der Waals surface area contributed by atoms with Gasteiger partial charge in [-0.15, -0.1) is 0 Å². The molecule has 224 valence electrons. The number of rotatable bonds is 18. The van der Waals surface area contributed by atoms with Crippen LogP contribution in [0.4, 0.5) is 0 Å². The molecule has 0 fully saturated rings. The summed E-state index contributed by atoms with van der Waals surface area (Å²) in [6.45, 7) is 6.83. The second-order valence-electron chi connectivity index (χ2n) is 10.2. The largest absolute Gasteiger partial charge is 0.488 e. The van der Waals surface area contributed by atoms with Crippen LogP contribution < -0.4 is 9.47 Å². The summed E-state index contributed by atoms with van der Waals surface area (Å²) in [6.07, 6.45) is 3.03. The normalized spacial score (nSPS) is 12.7. The lowest BCUT2D eigenvalue weighted by atomic mass is 9.99. The highest BCUT2D eigenvalue weighted by atomic mass is 16.6. The zero-order valence-corrected chi connectivity index (χ0v) is 25.0. The Morgan fingerprint density at radius 2 is 1.12 bits per heavy atom. The van der Waals surface area contributed by atoms with E-state index in [1.807, 2.05) is 57.2 Å². The maximum Gasteiger partial charge on any atom is 0.306 e. The van der Waals surface area contributed by atoms with Crippen LogP contribution in [0.3, 0.4) is 0 Å². The Bertz CT molecular complexity index is 1270. The van der Waals surface area contributed by atoms with Gasteiger partial charge in [-0.3, -0.25) is 9.59 Å². The third-order valence-electron chi connectivity index (χ3n) is 6.68. The van der Waals surface area contributed by atoms with Crippen LogP contribution in [0.1, 0.15) is 57.9 Å². The highest BCUT2D eigenvalue weighted by Crippen LogP contribution is 2.43. The molecule has 2 atom stereocenters. The number of ether oxygens (including phenoxy) is 6. The average Bonchev–Trinajstić information content (AvgIpc) is 2.96. The van der Waals surface area contributed by atoms with Crippen LogP contribution in [-0.2, 0) is 28.5 Å². The Kier molecular flexibility index (Phi) is 13.2. The second-order valence-corrected chi connectivity index (χ2v) is 10.2. The van der Waals surface area contributed by atoms with Gasteiger partial charge in [0.05, 0.1) is 13.2 Å². The summed E-state index contributed by atoms with van der Waals surface area (Å²) in [4.78, 5) is 24.6. The van der Waals surface area contributed by atoms with Crippen molar-refractivity contribution >= 4 is 33.5 Å². The molecular formula is C33H44O8. The van der Waals surface area contributed by atoms with E-state index in [9.17, 15) is 9.59 Å². The van der Waals surface area contributed by atoms with Crippen molar-refractivity contribution in [1.82, 2.24) is 0 Å². The summed E-state index contributed by atoms with van der Waals surface area (Å²) < 4.78 is 34.8. The van der Waals surface area contributed by atoms with Gasteiger partial charge in [0.1, 0.15) is 24.7 Å². The molecule has 0 aromatic heterocycles. The number of benzene rings is 3. The minimum Gasteiger partial charge on any atom is -0.488 e. The number of esters is 2. The van der Waals surface area contributed by atoms with Crippen molar-refractivity contribution in [2.75, 3.05) is 40.6 Å². The highest BCUT2D eigenvalue weighted by Gasteiger charge is 2.22. The van der Waals surface area contributed by atoms with Crippen molar-refractivity contribution in [2.45, 2.75) is 71.5 Å². The number of methoxy groups -OCH3 is 2. The maximum absolute atomic E-state index is 12.3. The first-order valence-electron chi connectivity index (χ1n) is 14.5. The first kappa shape index (κ1) is 32.2. The molecule has 3 aromatic carbocycles. The van der Waals surface area contributed by atoms with E-state index in [0.29, 0.717) is 24.3 Å². The van der Waals surface area contributed by atoms with Crippen LogP contribution >= 0.6 is 0 Å². The van der Waals surface area contributed by atoms with Crippen LogP contribution in [0, 0.1) is 6.92 Å². The molecule has 41 heavy (non-hydrogen) atoms. The van der Waals surface area contributed by atoms with Gasteiger partial charge in [-0.2, -0.15) is 0 Å². The van der Waals surface area contributed by atoms with Gasteiger partial charge < -0.3 is 28.4 Å². The first-order valence-corrected chi connectivity index (χ1v) is 14.5. The van der Waals surface area contributed by atoms with E-state index >= 15 is 0 Å². The molecule has 3 rings (SSSR count). The lowest BCUT2D eigenvalue weighted by Crippen LogP contribution is -2.30. The SMILES string of the molecule is CCCCC(=O)OC(COC)COc1c2ccccc2c(OCC(COC)OC(=O)CCCC)c2cc(C)ccc12. The summed E-state index contributed by atoms with van der Waals surface area (Å²) in [5.74, 6) is 0.838. The van der Waals surface area contributed by atoms with Gasteiger partial charge >= 0.3 is 11.9 Å². The van der Waals surface area contributed by atoms with Crippen LogP contribution in [0.5, 0.6) is 11.5 Å². The third-order valence-corrected chi connectivity index (χ3v) is 6.68. The van der Waals surface area contributed by atoms with Crippen LogP contribution in [0.2, 0.25) is 0 Å². The number of carbonyl (C=O) groups excluding carboxylic acids is 2. The molecule has 0 aliphatic heterocycles. The molecule has 3 aromatic rings. The molecular weight excluding hydrogens is 524 g/mol. The fourth-order valence-electron chi connectivity index (χ4n) is 4.61. The fourth-order valence-corrected chi connectivity index (χ4v) is 4.61. The molecule has 0 aliphatic rings. The third kappa shape index (κ3) is 9.33. The van der Waals surface area contributed by atoms with E-state index in [1.54, 1.807) is 14.2 Å². The molecule has 0 heterocycles. The molecule has 0 aliphatic carbocycles. The fraction of sp³-hybridized carbons (Fsp3) is 0.515. The van der Waals surface area contributed by atoms with E-state index in [2.05, 4.69) is 6.07 Å². The molecule has 8 heteroatoms. The summed E-state index contributed by atoms with van der Waals surface area (Å²) >= 11 is 0. The van der Waals surface area contributed by atoms with Crippen molar-refractivity contribution in [2.24, 2.45) is 0 Å². The quantitative estimate of drug-likeness (QED) is 0.126. The van der Waals surface area contributed by atoms with Gasteiger partial charge in [0.15, 0.2) is 12.2 Å². The zero-order valence-electron chi connectivity index (χ0n) is 25.0. The van der Waals surface area contributed by atoms with Gasteiger partial charge in [0.25, 0.3) is 0 Å². The molecule has 0 spiro atoms. The first-order chi connectivity index (χ1) is 19.9. The number of carbonyl (C=O) groups is 2. The summed E-state index contributed by atoms with van der Waals surface area (Å²) in [6, 6.07) is 13.9. The molecule has 0 saturated heterocycles. The number of aryl methyl sites for hydroxylation is 1. The van der Waals surface area contributed by atoms with Gasteiger partial charge in [0, 0.05) is 48.6 Å². The predicted octanol–water partition coefficient (Wildman–Crippen LogP) is 6.56. The smallest absolute Gasteiger partial charge is 0.306 e. The van der Waals surface area contributed by atoms with Crippen molar-refractivity contribution < 1.29 is 38.0 Å². The molecule has 0 bridgehead atoms. The molecule has 0 N–H and O–H groups in total. The van der Waals surface area contributed by atoms with E-state index < -0.39 is 12.2 Å². The Hall–Kier alpha value is -3.36. The number of fused-ring (bicyclic) bond motifs is 2. The Labute approximate surface area is 243 Å². The molecule has 0 amide bonds. The van der Waals surface area contributed by atoms with E-state index in [4.69, 9.17) is 28.4 Å². The Morgan fingerprint density at radius 1 is 0.659 bits per heavy atom. The standard InChI is InChI=1S/C33H44O8/c1-6-8-14-30(34)40-24(19-36-4)21-38-32-26-12-10-11-13-27(26)33(29-18-23(3)16-17-28(29)32)39-22-25(20-37-5)41-31(35)15-9-7-2/h10-13,16-18,24-25H,6-9,14-15,19-22H2,1-5H3. The summed E-state index contributed by atoms with van der Waals surface area (Å²) in [5, 5.41) is 3.45. The van der Waals surface area contributed by atoms with E-state index in [-0.39, 0.29) is 38.4 Å². The van der Waals surface area contributed by atoms with Crippen LogP contribution in [-0.4, -0.2) is 64.8 Å². The van der Waals surface area contributed by atoms with Gasteiger partial charge in [-0.25, -0.2) is 0 Å². The monoisotopic (exact) mass is 568 g/mol. The minimum atomic E-state index is -0.545. The van der Waals surface area contributed by atoms with Gasteiger partial charge in [0.2, 0.25) is 0 Å². The lowest BCUT2D eigenvalue weighted by Gasteiger charge is -2.23. The van der Waals surface area contributed by atoms with E-state index in [1.165, 1.54) is 0 Å². The van der Waals surface area contributed by atoms with Gasteiger partial charge in [-0.1, -0.05) is 68.7 Å². The second kappa shape index (κ2) is 16.8. The van der Waals surface area contributed by atoms with Crippen LogP contribution in [0.25, 0.3) is 21.5 Å². The lowest BCUT2D eigenvalue weighted by molar-refractivity contribution is -0.154. The maximum atomic E-state index is 12.3. The zero-order chi connectivity index (χ0) is 29.6. The summed E-state index contributed by atoms with van der Waals surface area (Å²) in [5.41, 5.74) is 1.06. The summed E-state index contributed by atoms with van der Waals surface area (Å²) in [7, 11) is 3.15. The highest BCUT2D eigenvalue weighted by molar-refractivity contribution is 6.11. The number of hydrogen-bond acceptors (Lipinski definition) is 8. The Balaban J connectivity index is 1.94. The van der Waals surface area contributed by atoms with Crippen molar-refractivity contribution in [3.05, 3.63) is 48.0 Å². The van der Waals surface area contributed by atoms with Crippen molar-refractivity contribution in [3.63, 3.8) is 0 Å². The minimum absolute atomic E-state index is 0.141. The average molecular weight is 569 g/mol. The molecule has 8 nitrogen and oxygen atoms in total. The molecule has 0 radical (unpaired) electrons. The number of hydrogen-bond donors (Lipinski definition) is 0. The predicted molar refractivity (Wildman–Crippen MR) is 160 cm³/mol. The molecule has 2 unspecified atom stereocenters. The van der Waals surface area contributed by atoms with Gasteiger partial charge in [-0.05, 0) is 25.8 Å².